The molecule has 1 aromatic carbocycles. The molecule has 2 N–H and O–H groups in total. The number of amides is 2. The third-order valence-corrected chi connectivity index (χ3v) is 3.22. The molecule has 1 aliphatic heterocycles. The van der Waals surface area contributed by atoms with Crippen molar-refractivity contribution in [2.24, 2.45) is 0 Å². The van der Waals surface area contributed by atoms with Gasteiger partial charge in [-0.05, 0) is 32.0 Å². The van der Waals surface area contributed by atoms with Crippen LogP contribution in [0.1, 0.15) is 12.8 Å². The number of rotatable bonds is 2. The lowest BCUT2D eigenvalue weighted by Crippen LogP contribution is -2.45. The predicted octanol–water partition coefficient (Wildman–Crippen LogP) is 1.90. The molecule has 92 valence electrons. The van der Waals surface area contributed by atoms with Crippen LogP contribution in [0.5, 0.6) is 0 Å². The number of para-hydroxylation sites is 1. The SMILES string of the molecule is CNC1CCN(C(=O)Nc2ccccc2)CC1. The van der Waals surface area contributed by atoms with Gasteiger partial charge < -0.3 is 15.5 Å². The smallest absolute Gasteiger partial charge is 0.321 e. The third kappa shape index (κ3) is 3.20. The first-order valence-corrected chi connectivity index (χ1v) is 6.08. The van der Waals surface area contributed by atoms with Gasteiger partial charge in [-0.3, -0.25) is 0 Å². The molecule has 0 aromatic heterocycles. The van der Waals surface area contributed by atoms with Crippen LogP contribution in [0.4, 0.5) is 10.5 Å². The van der Waals surface area contributed by atoms with E-state index in [9.17, 15) is 4.79 Å². The normalized spacial score (nSPS) is 16.9. The van der Waals surface area contributed by atoms with Gasteiger partial charge in [0, 0.05) is 24.8 Å². The van der Waals surface area contributed by atoms with Gasteiger partial charge in [0.2, 0.25) is 0 Å². The number of hydrogen-bond acceptors (Lipinski definition) is 2. The molecule has 4 heteroatoms. The van der Waals surface area contributed by atoms with Crippen LogP contribution >= 0.6 is 0 Å². The van der Waals surface area contributed by atoms with Crippen molar-refractivity contribution >= 4 is 11.7 Å². The maximum atomic E-state index is 12.0. The van der Waals surface area contributed by atoms with Crippen molar-refractivity contribution in [3.63, 3.8) is 0 Å². The Kier molecular flexibility index (Phi) is 3.98. The molecule has 0 unspecified atom stereocenters. The molecule has 2 rings (SSSR count). The van der Waals surface area contributed by atoms with Crippen molar-refractivity contribution in [3.8, 4) is 0 Å². The topological polar surface area (TPSA) is 44.4 Å². The van der Waals surface area contributed by atoms with Crippen molar-refractivity contribution in [1.29, 1.82) is 0 Å². The van der Waals surface area contributed by atoms with Gasteiger partial charge in [-0.1, -0.05) is 18.2 Å². The van der Waals surface area contributed by atoms with Gasteiger partial charge >= 0.3 is 6.03 Å². The standard InChI is InChI=1S/C13H19N3O/c1-14-11-7-9-16(10-8-11)13(17)15-12-5-3-2-4-6-12/h2-6,11,14H,7-10H2,1H3,(H,15,17). The van der Waals surface area contributed by atoms with E-state index < -0.39 is 0 Å². The zero-order valence-electron chi connectivity index (χ0n) is 10.1. The summed E-state index contributed by atoms with van der Waals surface area (Å²) in [5.41, 5.74) is 0.855. The molecular weight excluding hydrogens is 214 g/mol. The maximum absolute atomic E-state index is 12.0. The number of hydrogen-bond donors (Lipinski definition) is 2. The fraction of sp³-hybridized carbons (Fsp3) is 0.462. The summed E-state index contributed by atoms with van der Waals surface area (Å²) < 4.78 is 0. The van der Waals surface area contributed by atoms with E-state index in [4.69, 9.17) is 0 Å². The van der Waals surface area contributed by atoms with E-state index in [0.717, 1.165) is 31.6 Å². The van der Waals surface area contributed by atoms with Crippen molar-refractivity contribution in [3.05, 3.63) is 30.3 Å². The van der Waals surface area contributed by atoms with Gasteiger partial charge in [0.05, 0.1) is 0 Å². The minimum Gasteiger partial charge on any atom is -0.324 e. The van der Waals surface area contributed by atoms with Crippen LogP contribution in [0.15, 0.2) is 30.3 Å². The van der Waals surface area contributed by atoms with Gasteiger partial charge in [-0.2, -0.15) is 0 Å². The molecular formula is C13H19N3O. The van der Waals surface area contributed by atoms with E-state index >= 15 is 0 Å². The quantitative estimate of drug-likeness (QED) is 0.819. The summed E-state index contributed by atoms with van der Waals surface area (Å²) in [4.78, 5) is 13.8. The van der Waals surface area contributed by atoms with Crippen LogP contribution in [0.2, 0.25) is 0 Å². The van der Waals surface area contributed by atoms with E-state index in [2.05, 4.69) is 10.6 Å². The second kappa shape index (κ2) is 5.68. The number of carbonyl (C=O) groups is 1. The van der Waals surface area contributed by atoms with E-state index in [1.807, 2.05) is 42.3 Å². The summed E-state index contributed by atoms with van der Waals surface area (Å²) in [5.74, 6) is 0. The second-order valence-electron chi connectivity index (χ2n) is 4.35. The average molecular weight is 233 g/mol. The minimum atomic E-state index is 0.00533. The molecule has 0 atom stereocenters. The van der Waals surface area contributed by atoms with Gasteiger partial charge in [-0.25, -0.2) is 4.79 Å². The van der Waals surface area contributed by atoms with Crippen LogP contribution in [0.25, 0.3) is 0 Å². The molecule has 1 aromatic rings. The van der Waals surface area contributed by atoms with Gasteiger partial charge in [0.15, 0.2) is 0 Å². The molecule has 0 bridgehead atoms. The zero-order chi connectivity index (χ0) is 12.1. The number of nitrogens with one attached hydrogen (secondary N) is 2. The average Bonchev–Trinajstić information content (AvgIpc) is 2.40. The van der Waals surface area contributed by atoms with Crippen molar-refractivity contribution in [1.82, 2.24) is 10.2 Å². The molecule has 1 aliphatic rings. The molecule has 17 heavy (non-hydrogen) atoms. The summed E-state index contributed by atoms with van der Waals surface area (Å²) in [6.07, 6.45) is 2.05. The molecule has 4 nitrogen and oxygen atoms in total. The molecule has 1 saturated heterocycles. The lowest BCUT2D eigenvalue weighted by Gasteiger charge is -2.31. The van der Waals surface area contributed by atoms with Gasteiger partial charge in [0.25, 0.3) is 0 Å². The molecule has 0 radical (unpaired) electrons. The highest BCUT2D eigenvalue weighted by atomic mass is 16.2. The first-order chi connectivity index (χ1) is 8.29. The number of nitrogens with zero attached hydrogens (tertiary/aromatic N) is 1. The summed E-state index contributed by atoms with van der Waals surface area (Å²) >= 11 is 0. The summed E-state index contributed by atoms with van der Waals surface area (Å²) in [6, 6.07) is 10.1. The van der Waals surface area contributed by atoms with Crippen LogP contribution < -0.4 is 10.6 Å². The van der Waals surface area contributed by atoms with Crippen molar-refractivity contribution in [2.75, 3.05) is 25.5 Å². The Morgan fingerprint density at radius 2 is 1.88 bits per heavy atom. The molecule has 0 saturated carbocycles. The van der Waals surface area contributed by atoms with Gasteiger partial charge in [0.1, 0.15) is 0 Å². The lowest BCUT2D eigenvalue weighted by atomic mass is 10.1. The van der Waals surface area contributed by atoms with Crippen LogP contribution in [-0.2, 0) is 0 Å². The zero-order valence-corrected chi connectivity index (χ0v) is 10.1. The highest BCUT2D eigenvalue weighted by Gasteiger charge is 2.21. The summed E-state index contributed by atoms with van der Waals surface area (Å²) in [6.45, 7) is 1.65. The number of urea groups is 1. The molecule has 0 aliphatic carbocycles. The number of benzene rings is 1. The molecule has 1 heterocycles. The number of likely N-dealkylation sites (tertiary alicyclic amines) is 1. The lowest BCUT2D eigenvalue weighted by molar-refractivity contribution is 0.190. The van der Waals surface area contributed by atoms with Crippen molar-refractivity contribution in [2.45, 2.75) is 18.9 Å². The fourth-order valence-corrected chi connectivity index (χ4v) is 2.10. The highest BCUT2D eigenvalue weighted by molar-refractivity contribution is 5.89. The first-order valence-electron chi connectivity index (χ1n) is 6.08. The fourth-order valence-electron chi connectivity index (χ4n) is 2.10. The number of carbonyl (C=O) groups excluding carboxylic acids is 1. The molecule has 1 fully saturated rings. The summed E-state index contributed by atoms with van der Waals surface area (Å²) in [5, 5.41) is 6.17. The maximum Gasteiger partial charge on any atom is 0.321 e. The Morgan fingerprint density at radius 1 is 1.24 bits per heavy atom. The Labute approximate surface area is 102 Å². The van der Waals surface area contributed by atoms with Crippen LogP contribution in [0.3, 0.4) is 0 Å². The number of piperidine rings is 1. The highest BCUT2D eigenvalue weighted by Crippen LogP contribution is 2.12. The Morgan fingerprint density at radius 3 is 2.47 bits per heavy atom. The molecule has 0 spiro atoms. The van der Waals surface area contributed by atoms with Crippen molar-refractivity contribution < 1.29 is 4.79 Å². The minimum absolute atomic E-state index is 0.00533. The second-order valence-corrected chi connectivity index (χ2v) is 4.35. The van der Waals surface area contributed by atoms with E-state index in [-0.39, 0.29) is 6.03 Å². The van der Waals surface area contributed by atoms with E-state index in [1.54, 1.807) is 0 Å². The Hall–Kier alpha value is -1.55. The predicted molar refractivity (Wildman–Crippen MR) is 69.1 cm³/mol. The van der Waals surface area contributed by atoms with Gasteiger partial charge in [-0.15, -0.1) is 0 Å². The Balaban J connectivity index is 1.85. The van der Waals surface area contributed by atoms with Crippen LogP contribution in [-0.4, -0.2) is 37.1 Å². The van der Waals surface area contributed by atoms with E-state index in [1.165, 1.54) is 0 Å². The van der Waals surface area contributed by atoms with E-state index in [0.29, 0.717) is 6.04 Å². The largest absolute Gasteiger partial charge is 0.324 e. The van der Waals surface area contributed by atoms with Crippen LogP contribution in [0, 0.1) is 0 Å². The Bertz CT molecular complexity index is 358. The monoisotopic (exact) mass is 233 g/mol. The molecule has 2 amide bonds. The summed E-state index contributed by atoms with van der Waals surface area (Å²) in [7, 11) is 1.98. The third-order valence-electron chi connectivity index (χ3n) is 3.22. The number of anilines is 1. The first kappa shape index (κ1) is 11.9.